The minimum atomic E-state index is -2.91. The predicted molar refractivity (Wildman–Crippen MR) is 157 cm³/mol. The van der Waals surface area contributed by atoms with Crippen LogP contribution in [0.15, 0.2) is 92.2 Å². The minimum Gasteiger partial charge on any atom is -0.592 e. The Hall–Kier alpha value is -3.18. The molecule has 2 aromatic rings. The molecule has 0 atom stereocenters. The Labute approximate surface area is 240 Å². The number of benzene rings is 2. The molecule has 0 saturated heterocycles. The van der Waals surface area contributed by atoms with E-state index in [9.17, 15) is 0 Å². The van der Waals surface area contributed by atoms with Crippen molar-refractivity contribution < 1.29 is 18.0 Å². The SMILES string of the molecule is CC1=NCCN=Cc2ccccc2[O][Al]([O][Al]2[O]/C(C)=C\C(C)=NCCN=Cc3ccccc3[O]2)[O]/C(C)=C\1. The van der Waals surface area contributed by atoms with E-state index in [1.54, 1.807) is 12.4 Å². The highest BCUT2D eigenvalue weighted by Crippen LogP contribution is 2.22. The quantitative estimate of drug-likeness (QED) is 0.496. The first-order valence-electron chi connectivity index (χ1n) is 12.8. The molecule has 0 N–H and O–H groups in total. The second-order valence-electron chi connectivity index (χ2n) is 8.89. The Morgan fingerprint density at radius 1 is 0.590 bits per heavy atom. The fourth-order valence-electron chi connectivity index (χ4n) is 3.79. The maximum Gasteiger partial charge on any atom is 1.07 e. The third-order valence-corrected chi connectivity index (χ3v) is 9.34. The molecule has 2 aliphatic rings. The van der Waals surface area contributed by atoms with Crippen molar-refractivity contribution in [2.24, 2.45) is 20.0 Å². The van der Waals surface area contributed by atoms with Gasteiger partial charge in [0.2, 0.25) is 0 Å². The molecule has 2 aromatic carbocycles. The summed E-state index contributed by atoms with van der Waals surface area (Å²) < 4.78 is 31.8. The lowest BCUT2D eigenvalue weighted by Gasteiger charge is -2.22. The first-order valence-corrected chi connectivity index (χ1v) is 15.7. The fraction of sp³-hybridized carbons (Fsp3) is 0.286. The third kappa shape index (κ3) is 9.51. The Morgan fingerprint density at radius 2 is 1.03 bits per heavy atom. The highest BCUT2D eigenvalue weighted by atomic mass is 27.3. The number of hydrogen-bond donors (Lipinski definition) is 0. The average Bonchev–Trinajstić information content (AvgIpc) is 2.90. The molecule has 39 heavy (non-hydrogen) atoms. The van der Waals surface area contributed by atoms with Gasteiger partial charge in [0.15, 0.2) is 0 Å². The summed E-state index contributed by atoms with van der Waals surface area (Å²) in [5.74, 6) is 2.49. The van der Waals surface area contributed by atoms with Gasteiger partial charge >= 0.3 is 30.3 Å². The van der Waals surface area contributed by atoms with Crippen LogP contribution in [0, 0.1) is 0 Å². The number of nitrogens with zero attached hydrogens (tertiary/aromatic N) is 4. The maximum atomic E-state index is 6.47. The number of para-hydroxylation sites is 2. The van der Waals surface area contributed by atoms with Crippen molar-refractivity contribution in [1.82, 2.24) is 0 Å². The monoisotopic (exact) mass is 558 g/mol. The van der Waals surface area contributed by atoms with Gasteiger partial charge in [-0.15, -0.1) is 0 Å². The van der Waals surface area contributed by atoms with Crippen molar-refractivity contribution in [2.45, 2.75) is 27.7 Å². The molecule has 0 radical (unpaired) electrons. The van der Waals surface area contributed by atoms with Crippen molar-refractivity contribution >= 4 is 54.2 Å². The summed E-state index contributed by atoms with van der Waals surface area (Å²) in [6, 6.07) is 15.3. The van der Waals surface area contributed by atoms with E-state index < -0.39 is 30.3 Å². The molecule has 0 fully saturated rings. The number of allylic oxidation sites excluding steroid dienone is 4. The van der Waals surface area contributed by atoms with E-state index in [1.165, 1.54) is 0 Å². The van der Waals surface area contributed by atoms with Crippen molar-refractivity contribution in [3.05, 3.63) is 83.3 Å². The van der Waals surface area contributed by atoms with Crippen LogP contribution in [0.3, 0.4) is 0 Å². The second kappa shape index (κ2) is 14.8. The molecule has 0 aromatic heterocycles. The van der Waals surface area contributed by atoms with Gasteiger partial charge < -0.3 is 18.0 Å². The molecule has 0 saturated carbocycles. The standard InChI is InChI=1S/2C14H18N2O2.2Al.O/c2*1-11(9-12(2)17)16-8-7-15-10-13-5-3-4-6-14(13)18;;;/h2*3-6,9-10,17-18H,7-8H2,1-2H3;;;/q;;2*+2;/p-4/b2*12-9-,15-10?,16-11?;;;. The van der Waals surface area contributed by atoms with Crippen molar-refractivity contribution in [3.63, 3.8) is 0 Å². The van der Waals surface area contributed by atoms with Crippen molar-refractivity contribution in [1.29, 1.82) is 0 Å². The van der Waals surface area contributed by atoms with Gasteiger partial charge in [0.05, 0.1) is 49.2 Å². The number of rotatable bonds is 2. The molecule has 9 nitrogen and oxygen atoms in total. The zero-order valence-corrected chi connectivity index (χ0v) is 25.1. The van der Waals surface area contributed by atoms with E-state index in [-0.39, 0.29) is 0 Å². The summed E-state index contributed by atoms with van der Waals surface area (Å²) in [6.45, 7) is 9.89. The van der Waals surface area contributed by atoms with Crippen molar-refractivity contribution in [3.8, 4) is 11.5 Å². The van der Waals surface area contributed by atoms with E-state index in [4.69, 9.17) is 18.0 Å². The first kappa shape index (κ1) is 28.8. The molecular formula is C28H32Al2N4O5. The van der Waals surface area contributed by atoms with E-state index in [0.29, 0.717) is 49.2 Å². The lowest BCUT2D eigenvalue weighted by Crippen LogP contribution is -2.42. The summed E-state index contributed by atoms with van der Waals surface area (Å²) in [5.41, 5.74) is 3.32. The summed E-state index contributed by atoms with van der Waals surface area (Å²) in [7, 11) is 0. The highest BCUT2D eigenvalue weighted by Gasteiger charge is 2.53. The Balaban J connectivity index is 1.69. The van der Waals surface area contributed by atoms with Gasteiger partial charge in [0, 0.05) is 35.0 Å². The van der Waals surface area contributed by atoms with Crippen LogP contribution in [0.25, 0.3) is 0 Å². The average molecular weight is 559 g/mol. The van der Waals surface area contributed by atoms with Gasteiger partial charge in [-0.3, -0.25) is 20.0 Å². The topological polar surface area (TPSA) is 95.6 Å². The van der Waals surface area contributed by atoms with Gasteiger partial charge in [0.1, 0.15) is 0 Å². The van der Waals surface area contributed by atoms with Crippen LogP contribution in [0.5, 0.6) is 11.5 Å². The molecule has 11 heteroatoms. The maximum absolute atomic E-state index is 6.47. The van der Waals surface area contributed by atoms with Gasteiger partial charge in [0.25, 0.3) is 0 Å². The number of hydrogen-bond acceptors (Lipinski definition) is 9. The van der Waals surface area contributed by atoms with Crippen LogP contribution < -0.4 is 7.58 Å². The lowest BCUT2D eigenvalue weighted by molar-refractivity contribution is 0.189. The molecule has 0 spiro atoms. The predicted octanol–water partition coefficient (Wildman–Crippen LogP) is 4.76. The van der Waals surface area contributed by atoms with Gasteiger partial charge in [-0.2, -0.15) is 0 Å². The summed E-state index contributed by atoms with van der Waals surface area (Å²) >= 11 is -5.81. The van der Waals surface area contributed by atoms with Crippen LogP contribution in [0.2, 0.25) is 0 Å². The fourth-order valence-corrected chi connectivity index (χ4v) is 7.09. The summed E-state index contributed by atoms with van der Waals surface area (Å²) in [5, 5.41) is 0. The molecule has 0 bridgehead atoms. The van der Waals surface area contributed by atoms with E-state index >= 15 is 0 Å². The molecule has 2 heterocycles. The molecule has 0 aliphatic carbocycles. The van der Waals surface area contributed by atoms with E-state index in [1.807, 2.05) is 88.4 Å². The van der Waals surface area contributed by atoms with Crippen molar-refractivity contribution in [2.75, 3.05) is 26.2 Å². The summed E-state index contributed by atoms with van der Waals surface area (Å²) in [6.07, 6.45) is 7.31. The van der Waals surface area contributed by atoms with Crippen LogP contribution >= 0.6 is 0 Å². The smallest absolute Gasteiger partial charge is 0.592 e. The van der Waals surface area contributed by atoms with Gasteiger partial charge in [-0.05, 0) is 64.1 Å². The number of aliphatic imine (C=N–C) groups is 4. The molecule has 2 aliphatic heterocycles. The second-order valence-corrected chi connectivity index (χ2v) is 12.1. The molecule has 200 valence electrons. The zero-order chi connectivity index (χ0) is 27.5. The van der Waals surface area contributed by atoms with Crippen LogP contribution in [-0.2, 0) is 10.4 Å². The molecule has 4 rings (SSSR count). The number of fused-ring (bicyclic) bond motifs is 2. The lowest BCUT2D eigenvalue weighted by atomic mass is 10.2. The largest absolute Gasteiger partial charge is 1.07 e. The molecule has 0 unspecified atom stereocenters. The highest BCUT2D eigenvalue weighted by molar-refractivity contribution is 6.53. The van der Waals surface area contributed by atoms with E-state index in [0.717, 1.165) is 22.6 Å². The molecular weight excluding hydrogens is 526 g/mol. The Bertz CT molecular complexity index is 1220. The minimum absolute atomic E-state index is 0.574. The first-order chi connectivity index (χ1) is 19.0. The Morgan fingerprint density at radius 3 is 1.49 bits per heavy atom. The third-order valence-electron chi connectivity index (χ3n) is 5.54. The van der Waals surface area contributed by atoms with E-state index in [2.05, 4.69) is 20.0 Å². The van der Waals surface area contributed by atoms with Crippen LogP contribution in [-0.4, -0.2) is 80.3 Å². The van der Waals surface area contributed by atoms with Gasteiger partial charge in [-0.25, -0.2) is 0 Å². The van der Waals surface area contributed by atoms with Gasteiger partial charge in [-0.1, -0.05) is 24.3 Å². The molecule has 0 amide bonds. The summed E-state index contributed by atoms with van der Waals surface area (Å²) in [4.78, 5) is 18.1. The normalized spacial score (nSPS) is 19.7. The zero-order valence-electron chi connectivity index (χ0n) is 22.7. The van der Waals surface area contributed by atoms with Crippen LogP contribution in [0.1, 0.15) is 38.8 Å². The Kier molecular flexibility index (Phi) is 11.0. The van der Waals surface area contributed by atoms with Crippen LogP contribution in [0.4, 0.5) is 0 Å².